The third kappa shape index (κ3) is 17.1. The molecule has 0 aliphatic carbocycles. The van der Waals surface area contributed by atoms with Crippen LogP contribution in [0.15, 0.2) is 11.8 Å². The summed E-state index contributed by atoms with van der Waals surface area (Å²) in [6.07, 6.45) is 5.19. The zero-order chi connectivity index (χ0) is 33.3. The van der Waals surface area contributed by atoms with E-state index < -0.39 is 53.7 Å². The van der Waals surface area contributed by atoms with E-state index in [1.54, 1.807) is 19.9 Å². The van der Waals surface area contributed by atoms with Gasteiger partial charge in [-0.3, -0.25) is 14.4 Å². The van der Waals surface area contributed by atoms with E-state index in [2.05, 4.69) is 26.0 Å². The van der Waals surface area contributed by atoms with E-state index in [1.807, 2.05) is 6.92 Å². The second kappa shape index (κ2) is 24.3. The fraction of sp³-hybridized carbons (Fsp3) is 0.690. The Kier molecular flexibility index (Phi) is 22.0. The van der Waals surface area contributed by atoms with E-state index in [-0.39, 0.29) is 39.2 Å². The summed E-state index contributed by atoms with van der Waals surface area (Å²) in [6.45, 7) is 7.59. The van der Waals surface area contributed by atoms with Crippen LogP contribution in [0.3, 0.4) is 0 Å². The van der Waals surface area contributed by atoms with Crippen molar-refractivity contribution in [3.63, 3.8) is 0 Å². The van der Waals surface area contributed by atoms with E-state index in [4.69, 9.17) is 14.2 Å². The second-order valence-corrected chi connectivity index (χ2v) is 9.35. The van der Waals surface area contributed by atoms with Gasteiger partial charge in [-0.15, -0.1) is 0 Å². The van der Waals surface area contributed by atoms with Gasteiger partial charge in [0, 0.05) is 13.1 Å². The van der Waals surface area contributed by atoms with Gasteiger partial charge in [-0.25, -0.2) is 19.2 Å². The second-order valence-electron chi connectivity index (χ2n) is 9.35. The van der Waals surface area contributed by atoms with Crippen molar-refractivity contribution in [1.29, 1.82) is 0 Å². The monoisotopic (exact) mass is 628 g/mol. The molecule has 0 rings (SSSR count). The maximum absolute atomic E-state index is 13.2. The van der Waals surface area contributed by atoms with Crippen LogP contribution in [0.1, 0.15) is 79.1 Å². The largest absolute Gasteiger partial charge is 0.467 e. The number of carbonyl (C=O) groups excluding carboxylic acids is 7. The number of amides is 3. The lowest BCUT2D eigenvalue weighted by Crippen LogP contribution is -2.53. The van der Waals surface area contributed by atoms with Crippen molar-refractivity contribution in [3.05, 3.63) is 11.8 Å². The molecule has 0 aromatic heterocycles. The number of esters is 4. The molecule has 0 radical (unpaired) electrons. The van der Waals surface area contributed by atoms with E-state index in [1.165, 1.54) is 6.92 Å². The Bertz CT molecular complexity index is 984. The molecule has 0 spiro atoms. The first-order valence-electron chi connectivity index (χ1n) is 15.0. The first-order valence-corrected chi connectivity index (χ1v) is 15.0. The Morgan fingerprint density at radius 3 is 1.70 bits per heavy atom. The summed E-state index contributed by atoms with van der Waals surface area (Å²) in [7, 11) is 1.16. The van der Waals surface area contributed by atoms with Crippen LogP contribution in [-0.4, -0.2) is 93.7 Å². The minimum Gasteiger partial charge on any atom is -0.467 e. The maximum atomic E-state index is 13.2. The molecular formula is C29H48N4O11. The van der Waals surface area contributed by atoms with Crippen molar-refractivity contribution in [2.45, 2.75) is 91.1 Å². The highest BCUT2D eigenvalue weighted by molar-refractivity contribution is 6.33. The van der Waals surface area contributed by atoms with Crippen molar-refractivity contribution in [2.24, 2.45) is 0 Å². The minimum absolute atomic E-state index is 0.0339. The lowest BCUT2D eigenvalue weighted by Gasteiger charge is -2.22. The smallest absolute Gasteiger partial charge is 0.396 e. The van der Waals surface area contributed by atoms with E-state index in [0.29, 0.717) is 44.3 Å². The predicted octanol–water partition coefficient (Wildman–Crippen LogP) is 0.549. The molecule has 4 N–H and O–H groups in total. The molecular weight excluding hydrogens is 580 g/mol. The molecule has 250 valence electrons. The summed E-state index contributed by atoms with van der Waals surface area (Å²) in [4.78, 5) is 85.0. The molecule has 0 aliphatic rings. The van der Waals surface area contributed by atoms with Crippen molar-refractivity contribution in [1.82, 2.24) is 21.3 Å². The molecule has 44 heavy (non-hydrogen) atoms. The third-order valence-corrected chi connectivity index (χ3v) is 5.92. The Morgan fingerprint density at radius 2 is 1.16 bits per heavy atom. The molecule has 0 saturated heterocycles. The summed E-state index contributed by atoms with van der Waals surface area (Å²) in [5.74, 6) is -6.03. The Hall–Kier alpha value is -4.17. The van der Waals surface area contributed by atoms with Crippen LogP contribution in [0.5, 0.6) is 0 Å². The van der Waals surface area contributed by atoms with Gasteiger partial charge in [0.25, 0.3) is 0 Å². The van der Waals surface area contributed by atoms with Crippen molar-refractivity contribution in [3.8, 4) is 0 Å². The number of hydrogen-bond donors (Lipinski definition) is 4. The first kappa shape index (κ1) is 39.8. The summed E-state index contributed by atoms with van der Waals surface area (Å²) in [5.41, 5.74) is 0.347. The molecule has 0 aromatic rings. The number of unbranched alkanes of at least 4 members (excludes halogenated alkanes) is 3. The lowest BCUT2D eigenvalue weighted by molar-refractivity contribution is -0.155. The van der Waals surface area contributed by atoms with Gasteiger partial charge in [0.15, 0.2) is 0 Å². The summed E-state index contributed by atoms with van der Waals surface area (Å²) < 4.78 is 19.2. The molecule has 0 aromatic carbocycles. The normalized spacial score (nSPS) is 12.2. The molecule has 0 heterocycles. The zero-order valence-corrected chi connectivity index (χ0v) is 26.4. The number of nitrogens with one attached hydrogen (secondary N) is 4. The highest BCUT2D eigenvalue weighted by Crippen LogP contribution is 2.08. The molecule has 15 heteroatoms. The molecule has 3 amide bonds. The highest BCUT2D eigenvalue weighted by Gasteiger charge is 2.29. The SMILES string of the molecule is CCC/C=C(\NCCCCC(NC(=O)C(=O)OCC)C(=O)NC(CCCCNC(=O)C(=O)OCC)C(=O)OC)C(=O)OCC. The number of allylic oxidation sites excluding steroid dienone is 1. The van der Waals surface area contributed by atoms with Crippen LogP contribution in [0, 0.1) is 0 Å². The fourth-order valence-corrected chi connectivity index (χ4v) is 3.71. The van der Waals surface area contributed by atoms with Gasteiger partial charge >= 0.3 is 35.7 Å². The Balaban J connectivity index is 5.25. The summed E-state index contributed by atoms with van der Waals surface area (Å²) in [5, 5.41) is 10.4. The summed E-state index contributed by atoms with van der Waals surface area (Å²) in [6, 6.07) is -2.25. The van der Waals surface area contributed by atoms with E-state index >= 15 is 0 Å². The number of ether oxygens (including phenoxy) is 4. The average Bonchev–Trinajstić information content (AvgIpc) is 3.00. The number of carbonyl (C=O) groups is 7. The number of methoxy groups -OCH3 is 1. The molecule has 2 unspecified atom stereocenters. The molecule has 0 saturated carbocycles. The number of rotatable bonds is 21. The third-order valence-electron chi connectivity index (χ3n) is 5.92. The lowest BCUT2D eigenvalue weighted by atomic mass is 10.1. The molecule has 0 fully saturated rings. The van der Waals surface area contributed by atoms with Gasteiger partial charge in [0.1, 0.15) is 17.8 Å². The van der Waals surface area contributed by atoms with Crippen molar-refractivity contribution >= 4 is 41.6 Å². The Labute approximate surface area is 258 Å². The summed E-state index contributed by atoms with van der Waals surface area (Å²) >= 11 is 0. The quantitative estimate of drug-likeness (QED) is 0.0452. The van der Waals surface area contributed by atoms with E-state index in [9.17, 15) is 33.6 Å². The maximum Gasteiger partial charge on any atom is 0.396 e. The van der Waals surface area contributed by atoms with E-state index in [0.717, 1.165) is 13.5 Å². The van der Waals surface area contributed by atoms with Gasteiger partial charge < -0.3 is 40.2 Å². The average molecular weight is 629 g/mol. The van der Waals surface area contributed by atoms with Crippen LogP contribution >= 0.6 is 0 Å². The molecule has 0 aliphatic heterocycles. The number of hydrogen-bond acceptors (Lipinski definition) is 12. The Morgan fingerprint density at radius 1 is 0.636 bits per heavy atom. The minimum atomic E-state index is -1.18. The predicted molar refractivity (Wildman–Crippen MR) is 157 cm³/mol. The van der Waals surface area contributed by atoms with Crippen LogP contribution in [0.25, 0.3) is 0 Å². The van der Waals surface area contributed by atoms with Gasteiger partial charge in [0.05, 0.1) is 26.9 Å². The molecule has 2 atom stereocenters. The first-order chi connectivity index (χ1) is 21.1. The topological polar surface area (TPSA) is 205 Å². The molecule has 0 bridgehead atoms. The van der Waals surface area contributed by atoms with Gasteiger partial charge in [-0.05, 0) is 65.7 Å². The van der Waals surface area contributed by atoms with Crippen LogP contribution in [0.2, 0.25) is 0 Å². The standard InChI is InChI=1S/C29H48N4O11/c1-6-10-15-21(27(38)42-7-2)30-18-13-11-16-20(32-25(36)29(40)44-9-4)23(34)33-22(26(37)41-5)17-12-14-19-31-24(35)28(39)43-8-3/h15,20,22,30H,6-14,16-19H2,1-5H3,(H,31,35)(H,32,36)(H,33,34)/b21-15-. The molecule has 15 nitrogen and oxygen atoms in total. The van der Waals surface area contributed by atoms with Crippen molar-refractivity contribution < 1.29 is 52.5 Å². The van der Waals surface area contributed by atoms with Crippen LogP contribution in [-0.2, 0) is 52.5 Å². The van der Waals surface area contributed by atoms with Crippen LogP contribution < -0.4 is 21.3 Å². The van der Waals surface area contributed by atoms with Gasteiger partial charge in [0.2, 0.25) is 5.91 Å². The van der Waals surface area contributed by atoms with Crippen LogP contribution in [0.4, 0.5) is 0 Å². The van der Waals surface area contributed by atoms with Gasteiger partial charge in [-0.2, -0.15) is 0 Å². The van der Waals surface area contributed by atoms with Gasteiger partial charge in [-0.1, -0.05) is 19.4 Å². The zero-order valence-electron chi connectivity index (χ0n) is 26.4. The highest BCUT2D eigenvalue weighted by atomic mass is 16.5. The fourth-order valence-electron chi connectivity index (χ4n) is 3.71. The van der Waals surface area contributed by atoms with Crippen molar-refractivity contribution in [2.75, 3.05) is 40.0 Å².